The quantitative estimate of drug-likeness (QED) is 0.842. The Bertz CT molecular complexity index is 693. The van der Waals surface area contributed by atoms with E-state index in [4.69, 9.17) is 0 Å². The van der Waals surface area contributed by atoms with Gasteiger partial charge in [0.25, 0.3) is 0 Å². The molecule has 0 bridgehead atoms. The Morgan fingerprint density at radius 3 is 2.96 bits per heavy atom. The summed E-state index contributed by atoms with van der Waals surface area (Å²) in [6.07, 6.45) is 7.24. The van der Waals surface area contributed by atoms with Gasteiger partial charge in [-0.25, -0.2) is 4.98 Å². The lowest BCUT2D eigenvalue weighted by Crippen LogP contribution is -2.48. The van der Waals surface area contributed by atoms with Gasteiger partial charge >= 0.3 is 0 Å². The van der Waals surface area contributed by atoms with Crippen molar-refractivity contribution < 1.29 is 4.79 Å². The molecule has 0 aromatic carbocycles. The van der Waals surface area contributed by atoms with Crippen LogP contribution in [0.1, 0.15) is 61.0 Å². The van der Waals surface area contributed by atoms with Gasteiger partial charge in [-0.05, 0) is 19.3 Å². The average Bonchev–Trinajstić information content (AvgIpc) is 3.23. The number of hydrogen-bond acceptors (Lipinski definition) is 5. The lowest BCUT2D eigenvalue weighted by Gasteiger charge is -2.32. The van der Waals surface area contributed by atoms with Crippen LogP contribution in [0, 0.1) is 0 Å². The molecular formula is C17H25N5OS. The van der Waals surface area contributed by atoms with E-state index in [1.54, 1.807) is 11.3 Å². The predicted octanol–water partition coefficient (Wildman–Crippen LogP) is 2.59. The van der Waals surface area contributed by atoms with Gasteiger partial charge in [0.15, 0.2) is 0 Å². The monoisotopic (exact) mass is 347 g/mol. The van der Waals surface area contributed by atoms with Gasteiger partial charge in [0.2, 0.25) is 5.91 Å². The molecule has 3 rings (SSSR count). The SMILES string of the molecule is CCn1cc([C@@H]2NC(=O)CC[C@H]2NCc2ncc(C(C)C)s2)cn1. The number of rotatable bonds is 6. The molecule has 0 spiro atoms. The van der Waals surface area contributed by atoms with E-state index in [0.717, 1.165) is 30.1 Å². The molecule has 2 N–H and O–H groups in total. The van der Waals surface area contributed by atoms with Crippen LogP contribution in [0.3, 0.4) is 0 Å². The highest BCUT2D eigenvalue weighted by Crippen LogP contribution is 2.26. The molecule has 1 fully saturated rings. The van der Waals surface area contributed by atoms with Crippen molar-refractivity contribution in [3.05, 3.63) is 34.0 Å². The number of aromatic nitrogens is 3. The average molecular weight is 347 g/mol. The topological polar surface area (TPSA) is 71.8 Å². The molecule has 3 heterocycles. The maximum Gasteiger partial charge on any atom is 0.220 e. The standard InChI is InChI=1S/C17H25N5OS/c1-4-22-10-12(7-20-22)17-13(5-6-15(23)21-17)18-9-16-19-8-14(24-16)11(2)3/h7-8,10-11,13,17-18H,4-6,9H2,1-3H3,(H,21,23)/t13-,17+/m1/s1. The Kier molecular flexibility index (Phi) is 5.30. The van der Waals surface area contributed by atoms with E-state index < -0.39 is 0 Å². The normalized spacial score (nSPS) is 21.2. The number of nitrogens with one attached hydrogen (secondary N) is 2. The van der Waals surface area contributed by atoms with Crippen LogP contribution in [-0.2, 0) is 17.9 Å². The van der Waals surface area contributed by atoms with Crippen LogP contribution < -0.4 is 10.6 Å². The first-order valence-corrected chi connectivity index (χ1v) is 9.38. The van der Waals surface area contributed by atoms with E-state index in [1.807, 2.05) is 23.3 Å². The predicted molar refractivity (Wildman–Crippen MR) is 94.8 cm³/mol. The molecule has 0 radical (unpaired) electrons. The fourth-order valence-electron chi connectivity index (χ4n) is 2.94. The minimum Gasteiger partial charge on any atom is -0.348 e. The molecule has 0 aliphatic carbocycles. The summed E-state index contributed by atoms with van der Waals surface area (Å²) in [5, 5.41) is 12.1. The van der Waals surface area contributed by atoms with Gasteiger partial charge in [-0.1, -0.05) is 13.8 Å². The van der Waals surface area contributed by atoms with Crippen LogP contribution in [-0.4, -0.2) is 26.7 Å². The van der Waals surface area contributed by atoms with Gasteiger partial charge in [-0.2, -0.15) is 5.10 Å². The number of amides is 1. The van der Waals surface area contributed by atoms with Crippen molar-refractivity contribution in [3.8, 4) is 0 Å². The summed E-state index contributed by atoms with van der Waals surface area (Å²) in [4.78, 5) is 17.7. The number of thiazole rings is 1. The smallest absolute Gasteiger partial charge is 0.220 e. The second kappa shape index (κ2) is 7.44. The molecular weight excluding hydrogens is 322 g/mol. The van der Waals surface area contributed by atoms with E-state index in [9.17, 15) is 4.79 Å². The molecule has 0 saturated carbocycles. The Labute approximate surface area is 146 Å². The number of nitrogens with zero attached hydrogens (tertiary/aromatic N) is 3. The first-order valence-electron chi connectivity index (χ1n) is 8.56. The molecule has 2 aromatic rings. The molecule has 1 amide bonds. The molecule has 1 aliphatic heterocycles. The fourth-order valence-corrected chi connectivity index (χ4v) is 3.81. The third-order valence-corrected chi connectivity index (χ3v) is 5.69. The Morgan fingerprint density at radius 2 is 2.29 bits per heavy atom. The minimum atomic E-state index is -0.0314. The Hall–Kier alpha value is -1.73. The maximum atomic E-state index is 11.8. The van der Waals surface area contributed by atoms with Crippen LogP contribution in [0.4, 0.5) is 0 Å². The summed E-state index contributed by atoms with van der Waals surface area (Å²) in [7, 11) is 0. The Morgan fingerprint density at radius 1 is 1.46 bits per heavy atom. The van der Waals surface area contributed by atoms with Crippen molar-refractivity contribution in [3.63, 3.8) is 0 Å². The van der Waals surface area contributed by atoms with Crippen LogP contribution in [0.25, 0.3) is 0 Å². The number of hydrogen-bond donors (Lipinski definition) is 2. The van der Waals surface area contributed by atoms with Crippen molar-refractivity contribution >= 4 is 17.2 Å². The molecule has 2 atom stereocenters. The largest absolute Gasteiger partial charge is 0.348 e. The van der Waals surface area contributed by atoms with Gasteiger partial charge in [0.1, 0.15) is 5.01 Å². The van der Waals surface area contributed by atoms with Crippen LogP contribution in [0.2, 0.25) is 0 Å². The third-order valence-electron chi connectivity index (χ3n) is 4.39. The first kappa shape index (κ1) is 17.1. The first-order chi connectivity index (χ1) is 11.6. The zero-order chi connectivity index (χ0) is 17.1. The van der Waals surface area contributed by atoms with Gasteiger partial charge in [-0.15, -0.1) is 11.3 Å². The van der Waals surface area contributed by atoms with E-state index in [-0.39, 0.29) is 18.0 Å². The summed E-state index contributed by atoms with van der Waals surface area (Å²) >= 11 is 1.76. The van der Waals surface area contributed by atoms with E-state index in [1.165, 1.54) is 4.88 Å². The molecule has 1 saturated heterocycles. The van der Waals surface area contributed by atoms with Gasteiger partial charge in [0.05, 0.1) is 12.2 Å². The summed E-state index contributed by atoms with van der Waals surface area (Å²) in [5.41, 5.74) is 1.06. The number of aryl methyl sites for hydroxylation is 1. The molecule has 0 unspecified atom stereocenters. The molecule has 1 aliphatic rings. The highest BCUT2D eigenvalue weighted by Gasteiger charge is 2.30. The van der Waals surface area contributed by atoms with Gasteiger partial charge < -0.3 is 10.6 Å². The highest BCUT2D eigenvalue weighted by molar-refractivity contribution is 7.11. The lowest BCUT2D eigenvalue weighted by atomic mass is 9.94. The molecule has 6 nitrogen and oxygen atoms in total. The highest BCUT2D eigenvalue weighted by atomic mass is 32.1. The van der Waals surface area contributed by atoms with Crippen molar-refractivity contribution in [2.75, 3.05) is 0 Å². The van der Waals surface area contributed by atoms with E-state index in [2.05, 4.69) is 41.5 Å². The van der Waals surface area contributed by atoms with Crippen LogP contribution >= 0.6 is 11.3 Å². The van der Waals surface area contributed by atoms with Crippen LogP contribution in [0.15, 0.2) is 18.6 Å². The third kappa shape index (κ3) is 3.84. The summed E-state index contributed by atoms with van der Waals surface area (Å²) in [5.74, 6) is 0.622. The van der Waals surface area contributed by atoms with Crippen molar-refractivity contribution in [2.45, 2.75) is 64.7 Å². The Balaban J connectivity index is 1.68. The number of carbonyl (C=O) groups is 1. The minimum absolute atomic E-state index is 0.0314. The van der Waals surface area contributed by atoms with E-state index >= 15 is 0 Å². The summed E-state index contributed by atoms with van der Waals surface area (Å²) in [6, 6.07) is 0.166. The van der Waals surface area contributed by atoms with Crippen molar-refractivity contribution in [2.24, 2.45) is 0 Å². The van der Waals surface area contributed by atoms with Gasteiger partial charge in [0, 0.05) is 48.4 Å². The molecule has 2 aromatic heterocycles. The number of carbonyl (C=O) groups excluding carboxylic acids is 1. The zero-order valence-electron chi connectivity index (χ0n) is 14.5. The molecule has 24 heavy (non-hydrogen) atoms. The maximum absolute atomic E-state index is 11.8. The zero-order valence-corrected chi connectivity index (χ0v) is 15.3. The second-order valence-electron chi connectivity index (χ2n) is 6.51. The molecule has 7 heteroatoms. The fraction of sp³-hybridized carbons (Fsp3) is 0.588. The van der Waals surface area contributed by atoms with Crippen molar-refractivity contribution in [1.29, 1.82) is 0 Å². The van der Waals surface area contributed by atoms with Gasteiger partial charge in [-0.3, -0.25) is 9.48 Å². The van der Waals surface area contributed by atoms with Crippen LogP contribution in [0.5, 0.6) is 0 Å². The second-order valence-corrected chi connectivity index (χ2v) is 7.66. The summed E-state index contributed by atoms with van der Waals surface area (Å²) in [6.45, 7) is 7.98. The van der Waals surface area contributed by atoms with Crippen molar-refractivity contribution in [1.82, 2.24) is 25.4 Å². The lowest BCUT2D eigenvalue weighted by molar-refractivity contribution is -0.123. The molecule has 130 valence electrons. The number of piperidine rings is 1. The van der Waals surface area contributed by atoms with E-state index in [0.29, 0.717) is 12.3 Å². The summed E-state index contributed by atoms with van der Waals surface area (Å²) < 4.78 is 1.89.